The normalized spacial score (nSPS) is 35.9. The molecule has 3 nitrogen and oxygen atoms in total. The fourth-order valence-electron chi connectivity index (χ4n) is 1.81. The molecule has 2 aliphatic rings. The lowest BCUT2D eigenvalue weighted by Crippen LogP contribution is -2.36. The Kier molecular flexibility index (Phi) is 2.66. The van der Waals surface area contributed by atoms with Crippen molar-refractivity contribution in [2.24, 2.45) is 11.1 Å². The van der Waals surface area contributed by atoms with E-state index in [4.69, 9.17) is 4.84 Å². The average Bonchev–Trinajstić information content (AvgIpc) is 2.54. The second-order valence-corrected chi connectivity index (χ2v) is 4.34. The number of nitrogens with one attached hydrogen (secondary N) is 1. The monoisotopic (exact) mass is 232 g/mol. The number of oxime groups is 1. The van der Waals surface area contributed by atoms with E-state index in [-0.39, 0.29) is 0 Å². The van der Waals surface area contributed by atoms with Crippen LogP contribution in [0.2, 0.25) is 0 Å². The van der Waals surface area contributed by atoms with E-state index in [1.54, 1.807) is 0 Å². The van der Waals surface area contributed by atoms with Crippen LogP contribution in [0.15, 0.2) is 5.16 Å². The fourth-order valence-corrected chi connectivity index (χ4v) is 2.22. The minimum atomic E-state index is 0.312. The number of hydrogen-bond acceptors (Lipinski definition) is 3. The molecule has 0 aromatic carbocycles. The fraction of sp³-hybridized carbons (Fsp3) is 0.875. The summed E-state index contributed by atoms with van der Waals surface area (Å²) >= 11 is 3.35. The second-order valence-electron chi connectivity index (χ2n) is 3.42. The van der Waals surface area contributed by atoms with Gasteiger partial charge in [-0.15, -0.1) is 0 Å². The molecule has 0 bridgehead atoms. The molecule has 0 radical (unpaired) electrons. The molecule has 0 spiro atoms. The molecule has 0 aromatic rings. The van der Waals surface area contributed by atoms with Crippen LogP contribution >= 0.6 is 15.9 Å². The molecule has 0 amide bonds. The summed E-state index contributed by atoms with van der Waals surface area (Å²) in [7, 11) is 0. The van der Waals surface area contributed by atoms with E-state index >= 15 is 0 Å². The third-order valence-corrected chi connectivity index (χ3v) is 2.99. The second kappa shape index (κ2) is 3.75. The van der Waals surface area contributed by atoms with Crippen molar-refractivity contribution in [3.8, 4) is 0 Å². The topological polar surface area (TPSA) is 33.6 Å². The highest BCUT2D eigenvalue weighted by atomic mass is 79.9. The van der Waals surface area contributed by atoms with E-state index in [9.17, 15) is 0 Å². The lowest BCUT2D eigenvalue weighted by molar-refractivity contribution is 0.0316. The van der Waals surface area contributed by atoms with Gasteiger partial charge in [0.1, 0.15) is 10.7 Å². The van der Waals surface area contributed by atoms with Crippen LogP contribution in [0, 0.1) is 5.92 Å². The highest BCUT2D eigenvalue weighted by molar-refractivity contribution is 9.18. The van der Waals surface area contributed by atoms with Crippen LogP contribution in [0.1, 0.15) is 19.3 Å². The van der Waals surface area contributed by atoms with Crippen LogP contribution in [0.5, 0.6) is 0 Å². The molecule has 0 saturated carbocycles. The van der Waals surface area contributed by atoms with Crippen molar-refractivity contribution in [1.29, 1.82) is 0 Å². The van der Waals surface area contributed by atoms with Gasteiger partial charge in [-0.25, -0.2) is 0 Å². The molecule has 1 N–H and O–H groups in total. The third-order valence-electron chi connectivity index (χ3n) is 2.52. The summed E-state index contributed by atoms with van der Waals surface area (Å²) < 4.78 is 0.957. The maximum Gasteiger partial charge on any atom is 0.137 e. The smallest absolute Gasteiger partial charge is 0.137 e. The Labute approximate surface area is 80.7 Å². The van der Waals surface area contributed by atoms with Gasteiger partial charge in [0.15, 0.2) is 0 Å². The van der Waals surface area contributed by atoms with Crippen molar-refractivity contribution in [3.05, 3.63) is 0 Å². The zero-order chi connectivity index (χ0) is 8.39. The largest absolute Gasteiger partial charge is 0.391 e. The van der Waals surface area contributed by atoms with Gasteiger partial charge in [-0.05, 0) is 35.3 Å². The predicted octanol–water partition coefficient (Wildman–Crippen LogP) is 1.48. The van der Waals surface area contributed by atoms with Crippen LogP contribution in [-0.4, -0.2) is 23.8 Å². The van der Waals surface area contributed by atoms with Crippen LogP contribution in [-0.2, 0) is 4.84 Å². The van der Waals surface area contributed by atoms with Crippen molar-refractivity contribution in [2.75, 3.05) is 13.1 Å². The predicted molar refractivity (Wildman–Crippen MR) is 51.4 cm³/mol. The highest BCUT2D eigenvalue weighted by Gasteiger charge is 2.29. The van der Waals surface area contributed by atoms with E-state index in [0.717, 1.165) is 24.1 Å². The third kappa shape index (κ3) is 1.80. The first kappa shape index (κ1) is 8.51. The Morgan fingerprint density at radius 2 is 2.50 bits per heavy atom. The van der Waals surface area contributed by atoms with Gasteiger partial charge in [0.25, 0.3) is 0 Å². The molecule has 12 heavy (non-hydrogen) atoms. The highest BCUT2D eigenvalue weighted by Crippen LogP contribution is 2.25. The molecular formula is C8H13BrN2O. The first-order valence-corrected chi connectivity index (χ1v) is 5.24. The van der Waals surface area contributed by atoms with Crippen molar-refractivity contribution >= 4 is 20.6 Å². The zero-order valence-corrected chi connectivity index (χ0v) is 8.51. The van der Waals surface area contributed by atoms with Gasteiger partial charge in [0.05, 0.1) is 0 Å². The van der Waals surface area contributed by atoms with Gasteiger partial charge in [-0.3, -0.25) is 0 Å². The van der Waals surface area contributed by atoms with Gasteiger partial charge in [0.2, 0.25) is 0 Å². The molecule has 0 unspecified atom stereocenters. The lowest BCUT2D eigenvalue weighted by Gasteiger charge is -2.25. The van der Waals surface area contributed by atoms with Crippen molar-refractivity contribution in [3.63, 3.8) is 0 Å². The Morgan fingerprint density at radius 3 is 3.08 bits per heavy atom. The van der Waals surface area contributed by atoms with E-state index in [2.05, 4.69) is 26.4 Å². The number of halogens is 1. The maximum atomic E-state index is 5.31. The first-order chi connectivity index (χ1) is 5.86. The van der Waals surface area contributed by atoms with Gasteiger partial charge < -0.3 is 10.2 Å². The molecule has 2 heterocycles. The van der Waals surface area contributed by atoms with Crippen LogP contribution in [0.25, 0.3) is 0 Å². The van der Waals surface area contributed by atoms with E-state index in [0.29, 0.717) is 12.0 Å². The Bertz CT molecular complexity index is 189. The molecule has 1 saturated heterocycles. The quantitative estimate of drug-likeness (QED) is 0.744. The molecule has 4 heteroatoms. The molecule has 1 fully saturated rings. The standard InChI is InChI=1S/C8H13BrN2O/c9-8-4-7(12-11-8)6-2-1-3-10-5-6/h6-7,10H,1-5H2/t6-,7-/m0/s1. The van der Waals surface area contributed by atoms with Crippen molar-refractivity contribution in [1.82, 2.24) is 5.32 Å². The van der Waals surface area contributed by atoms with E-state index in [1.165, 1.54) is 12.8 Å². The minimum Gasteiger partial charge on any atom is -0.391 e. The summed E-state index contributed by atoms with van der Waals surface area (Å²) in [6.07, 6.45) is 3.80. The van der Waals surface area contributed by atoms with Crippen molar-refractivity contribution < 1.29 is 4.84 Å². The minimum absolute atomic E-state index is 0.312. The van der Waals surface area contributed by atoms with Gasteiger partial charge in [-0.2, -0.15) is 0 Å². The SMILES string of the molecule is BrC1=NO[C@H]([C@H]2CCCNC2)C1. The van der Waals surface area contributed by atoms with Crippen LogP contribution < -0.4 is 5.32 Å². The average molecular weight is 233 g/mol. The Balaban J connectivity index is 1.85. The lowest BCUT2D eigenvalue weighted by atomic mass is 9.92. The first-order valence-electron chi connectivity index (χ1n) is 4.45. The summed E-state index contributed by atoms with van der Waals surface area (Å²) in [5.41, 5.74) is 0. The van der Waals surface area contributed by atoms with E-state index in [1.807, 2.05) is 0 Å². The molecule has 2 atom stereocenters. The molecule has 2 aliphatic heterocycles. The summed E-state index contributed by atoms with van der Waals surface area (Å²) in [4.78, 5) is 5.31. The zero-order valence-electron chi connectivity index (χ0n) is 6.92. The van der Waals surface area contributed by atoms with Crippen LogP contribution in [0.3, 0.4) is 0 Å². The maximum absolute atomic E-state index is 5.31. The Hall–Kier alpha value is -0.0900. The number of hydrogen-bond donors (Lipinski definition) is 1. The van der Waals surface area contributed by atoms with Crippen LogP contribution in [0.4, 0.5) is 0 Å². The van der Waals surface area contributed by atoms with Gasteiger partial charge >= 0.3 is 0 Å². The molecule has 2 rings (SSSR count). The van der Waals surface area contributed by atoms with E-state index < -0.39 is 0 Å². The summed E-state index contributed by atoms with van der Waals surface area (Å²) in [6, 6.07) is 0. The molecule has 68 valence electrons. The molecule has 0 aliphatic carbocycles. The van der Waals surface area contributed by atoms with Crippen molar-refractivity contribution in [2.45, 2.75) is 25.4 Å². The number of piperidine rings is 1. The molecular weight excluding hydrogens is 220 g/mol. The summed E-state index contributed by atoms with van der Waals surface area (Å²) in [6.45, 7) is 2.24. The summed E-state index contributed by atoms with van der Waals surface area (Å²) in [5.74, 6) is 0.651. The number of rotatable bonds is 1. The van der Waals surface area contributed by atoms with Gasteiger partial charge in [-0.1, -0.05) is 5.16 Å². The summed E-state index contributed by atoms with van der Waals surface area (Å²) in [5, 5.41) is 7.28. The van der Waals surface area contributed by atoms with Gasteiger partial charge in [0, 0.05) is 18.9 Å². The Morgan fingerprint density at radius 1 is 1.58 bits per heavy atom. The molecule has 0 aromatic heterocycles. The number of nitrogens with zero attached hydrogens (tertiary/aromatic N) is 1.